The molecule has 0 aliphatic carbocycles. The average Bonchev–Trinajstić information content (AvgIpc) is 3.03. The van der Waals surface area contributed by atoms with Crippen molar-refractivity contribution >= 4 is 0 Å². The van der Waals surface area contributed by atoms with Crippen LogP contribution in [0.5, 0.6) is 0 Å². The Morgan fingerprint density at radius 1 is 0.923 bits per heavy atom. The van der Waals surface area contributed by atoms with Gasteiger partial charge in [-0.25, -0.2) is 23.1 Å². The van der Waals surface area contributed by atoms with E-state index in [1.807, 2.05) is 10.6 Å². The van der Waals surface area contributed by atoms with Crippen molar-refractivity contribution < 1.29 is 13.2 Å². The van der Waals surface area contributed by atoms with Crippen LogP contribution < -0.4 is 0 Å². The van der Waals surface area contributed by atoms with Crippen LogP contribution in [-0.4, -0.2) is 14.5 Å². The molecule has 3 nitrogen and oxygen atoms in total. The molecule has 0 amide bonds. The highest BCUT2D eigenvalue weighted by Gasteiger charge is 2.17. The summed E-state index contributed by atoms with van der Waals surface area (Å²) in [4.78, 5) is 8.57. The van der Waals surface area contributed by atoms with Crippen molar-refractivity contribution in [2.45, 2.75) is 13.5 Å². The van der Waals surface area contributed by atoms with Gasteiger partial charge in [-0.3, -0.25) is 0 Å². The Labute approximate surface area is 148 Å². The van der Waals surface area contributed by atoms with Crippen LogP contribution in [0.4, 0.5) is 13.2 Å². The van der Waals surface area contributed by atoms with Crippen LogP contribution in [0.25, 0.3) is 22.8 Å². The van der Waals surface area contributed by atoms with E-state index in [0.717, 1.165) is 11.6 Å². The lowest BCUT2D eigenvalue weighted by atomic mass is 10.1. The van der Waals surface area contributed by atoms with Crippen molar-refractivity contribution in [2.24, 2.45) is 0 Å². The van der Waals surface area contributed by atoms with Gasteiger partial charge >= 0.3 is 0 Å². The molecular formula is C20H14F3N3. The predicted molar refractivity (Wildman–Crippen MR) is 92.2 cm³/mol. The van der Waals surface area contributed by atoms with Gasteiger partial charge in [0, 0.05) is 18.9 Å². The molecule has 0 radical (unpaired) electrons. The van der Waals surface area contributed by atoms with E-state index in [2.05, 4.69) is 9.97 Å². The van der Waals surface area contributed by atoms with Crippen LogP contribution in [0.3, 0.4) is 0 Å². The summed E-state index contributed by atoms with van der Waals surface area (Å²) in [5.41, 5.74) is 2.56. The normalized spacial score (nSPS) is 11.2. The second-order valence-corrected chi connectivity index (χ2v) is 6.12. The standard InChI is InChI=1S/C20H14F3N3/c1-12-5-6-13(9-16(12)22)10-26-8-7-17-18(11-26)25-20(24-17)14-3-2-4-15(21)19(14)23/h2-9,11H,10H2,1H3. The molecule has 0 aromatic heterocycles. The number of hydrogen-bond donors (Lipinski definition) is 0. The van der Waals surface area contributed by atoms with Crippen molar-refractivity contribution in [3.63, 3.8) is 0 Å². The van der Waals surface area contributed by atoms with E-state index in [4.69, 9.17) is 0 Å². The van der Waals surface area contributed by atoms with E-state index in [1.165, 1.54) is 18.2 Å². The quantitative estimate of drug-likeness (QED) is 0.528. The summed E-state index contributed by atoms with van der Waals surface area (Å²) in [6.07, 6.45) is 3.54. The minimum atomic E-state index is -0.967. The number of nitrogens with zero attached hydrogens (tertiary/aromatic N) is 3. The summed E-state index contributed by atoms with van der Waals surface area (Å²) in [7, 11) is 0. The summed E-state index contributed by atoms with van der Waals surface area (Å²) in [5.74, 6) is -2.02. The number of benzene rings is 2. The first-order valence-electron chi connectivity index (χ1n) is 8.04. The van der Waals surface area contributed by atoms with E-state index in [1.54, 1.807) is 31.5 Å². The van der Waals surface area contributed by atoms with Gasteiger partial charge in [-0.15, -0.1) is 0 Å². The maximum Gasteiger partial charge on any atom is 0.169 e. The van der Waals surface area contributed by atoms with Crippen LogP contribution in [0.2, 0.25) is 0 Å². The lowest BCUT2D eigenvalue weighted by molar-refractivity contribution is 0.510. The van der Waals surface area contributed by atoms with Gasteiger partial charge in [0.05, 0.1) is 11.3 Å². The fourth-order valence-electron chi connectivity index (χ4n) is 2.79. The highest BCUT2D eigenvalue weighted by atomic mass is 19.2. The second kappa shape index (κ2) is 6.29. The van der Waals surface area contributed by atoms with Crippen molar-refractivity contribution in [3.05, 3.63) is 83.4 Å². The zero-order valence-electron chi connectivity index (χ0n) is 13.9. The number of aryl methyl sites for hydroxylation is 1. The molecule has 4 rings (SSSR count). The molecule has 0 atom stereocenters. The Hall–Kier alpha value is -3.15. The summed E-state index contributed by atoms with van der Waals surface area (Å²) >= 11 is 0. The fraction of sp³-hybridized carbons (Fsp3) is 0.100. The Bertz CT molecular complexity index is 1070. The van der Waals surface area contributed by atoms with E-state index in [9.17, 15) is 13.2 Å². The van der Waals surface area contributed by atoms with Gasteiger partial charge in [-0.05, 0) is 42.3 Å². The second-order valence-electron chi connectivity index (χ2n) is 6.12. The van der Waals surface area contributed by atoms with Gasteiger partial charge in [-0.2, -0.15) is 0 Å². The van der Waals surface area contributed by atoms with Crippen molar-refractivity contribution in [3.8, 4) is 22.8 Å². The van der Waals surface area contributed by atoms with Gasteiger partial charge < -0.3 is 4.57 Å². The number of aromatic nitrogens is 3. The van der Waals surface area contributed by atoms with E-state index in [0.29, 0.717) is 23.5 Å². The maximum absolute atomic E-state index is 14.0. The average molecular weight is 353 g/mol. The summed E-state index contributed by atoms with van der Waals surface area (Å²) in [6, 6.07) is 10.7. The molecule has 130 valence electrons. The number of hydrogen-bond acceptors (Lipinski definition) is 2. The van der Waals surface area contributed by atoms with Gasteiger partial charge in [0.1, 0.15) is 11.5 Å². The van der Waals surface area contributed by atoms with Crippen molar-refractivity contribution in [2.75, 3.05) is 0 Å². The first kappa shape index (κ1) is 16.3. The number of pyridine rings is 1. The van der Waals surface area contributed by atoms with Gasteiger partial charge in [0.25, 0.3) is 0 Å². The molecule has 2 aliphatic heterocycles. The molecule has 0 N–H and O–H groups in total. The molecule has 0 spiro atoms. The molecule has 2 aromatic rings. The van der Waals surface area contributed by atoms with Crippen molar-refractivity contribution in [1.82, 2.24) is 14.5 Å². The maximum atomic E-state index is 14.0. The lowest BCUT2D eigenvalue weighted by Crippen LogP contribution is -2.01. The first-order valence-corrected chi connectivity index (χ1v) is 8.04. The SMILES string of the molecule is Cc1ccc(Cn2ccc3nc(-c4cccc(F)c4F)nc-3c2)cc1F. The minimum Gasteiger partial charge on any atom is -0.348 e. The van der Waals surface area contributed by atoms with E-state index in [-0.39, 0.29) is 17.2 Å². The monoisotopic (exact) mass is 353 g/mol. The highest BCUT2D eigenvalue weighted by molar-refractivity contribution is 5.66. The highest BCUT2D eigenvalue weighted by Crippen LogP contribution is 2.27. The molecule has 0 saturated carbocycles. The smallest absolute Gasteiger partial charge is 0.169 e. The van der Waals surface area contributed by atoms with Gasteiger partial charge in [-0.1, -0.05) is 18.2 Å². The van der Waals surface area contributed by atoms with Crippen molar-refractivity contribution in [1.29, 1.82) is 0 Å². The number of halogens is 3. The molecule has 0 saturated heterocycles. The molecule has 2 aromatic carbocycles. The Kier molecular flexibility index (Phi) is 3.95. The largest absolute Gasteiger partial charge is 0.348 e. The van der Waals surface area contributed by atoms with Gasteiger partial charge in [0.2, 0.25) is 0 Å². The van der Waals surface area contributed by atoms with Crippen LogP contribution >= 0.6 is 0 Å². The Balaban J connectivity index is 1.69. The van der Waals surface area contributed by atoms with Crippen LogP contribution in [0, 0.1) is 24.4 Å². The zero-order chi connectivity index (χ0) is 18.3. The summed E-state index contributed by atoms with van der Waals surface area (Å²) in [6.45, 7) is 2.18. The van der Waals surface area contributed by atoms with E-state index < -0.39 is 11.6 Å². The first-order chi connectivity index (χ1) is 12.5. The van der Waals surface area contributed by atoms with Crippen LogP contribution in [0.15, 0.2) is 54.9 Å². The molecule has 6 heteroatoms. The fourth-order valence-corrected chi connectivity index (χ4v) is 2.79. The summed E-state index contributed by atoms with van der Waals surface area (Å²) < 4.78 is 42.9. The Morgan fingerprint density at radius 3 is 2.54 bits per heavy atom. The minimum absolute atomic E-state index is 0.0216. The van der Waals surface area contributed by atoms with Gasteiger partial charge in [0.15, 0.2) is 17.5 Å². The molecule has 26 heavy (non-hydrogen) atoms. The number of imidazole rings is 1. The van der Waals surface area contributed by atoms with Crippen LogP contribution in [0.1, 0.15) is 11.1 Å². The molecular weight excluding hydrogens is 339 g/mol. The summed E-state index contributed by atoms with van der Waals surface area (Å²) in [5, 5.41) is 0. The topological polar surface area (TPSA) is 30.7 Å². The van der Waals surface area contributed by atoms with Crippen LogP contribution in [-0.2, 0) is 6.54 Å². The number of rotatable bonds is 3. The molecule has 0 fully saturated rings. The Morgan fingerprint density at radius 2 is 1.73 bits per heavy atom. The third-order valence-corrected chi connectivity index (χ3v) is 4.22. The zero-order valence-corrected chi connectivity index (χ0v) is 13.9. The molecule has 2 aliphatic rings. The van der Waals surface area contributed by atoms with E-state index >= 15 is 0 Å². The predicted octanol–water partition coefficient (Wildman–Crippen LogP) is 4.82. The molecule has 2 heterocycles. The lowest BCUT2D eigenvalue weighted by Gasteiger charge is -2.09. The molecule has 0 unspecified atom stereocenters. The number of fused-ring (bicyclic) bond motifs is 1. The third-order valence-electron chi connectivity index (χ3n) is 4.22. The third kappa shape index (κ3) is 2.94. The molecule has 0 bridgehead atoms.